The molecule has 0 unspecified atom stereocenters. The van der Waals surface area contributed by atoms with Gasteiger partial charge < -0.3 is 14.4 Å². The minimum Gasteiger partial charge on any atom is -0.497 e. The summed E-state index contributed by atoms with van der Waals surface area (Å²) in [4.78, 5) is 14.9. The number of aryl methyl sites for hydroxylation is 1. The summed E-state index contributed by atoms with van der Waals surface area (Å²) in [6.07, 6.45) is 0. The molecule has 35 heavy (non-hydrogen) atoms. The van der Waals surface area contributed by atoms with Crippen molar-refractivity contribution in [2.75, 3.05) is 24.3 Å². The Bertz CT molecular complexity index is 1260. The van der Waals surface area contributed by atoms with Gasteiger partial charge in [-0.2, -0.15) is 0 Å². The molecule has 0 atom stereocenters. The van der Waals surface area contributed by atoms with Crippen LogP contribution in [0.4, 0.5) is 5.69 Å². The van der Waals surface area contributed by atoms with Gasteiger partial charge in [0.2, 0.25) is 5.91 Å². The maximum Gasteiger partial charge on any atom is 0.237 e. The minimum atomic E-state index is 0.0189. The molecular formula is C27H28N4O3S. The van der Waals surface area contributed by atoms with Crippen LogP contribution in [0.5, 0.6) is 11.5 Å². The van der Waals surface area contributed by atoms with Crippen molar-refractivity contribution < 1.29 is 14.3 Å². The Morgan fingerprint density at radius 3 is 2.31 bits per heavy atom. The van der Waals surface area contributed by atoms with Crippen molar-refractivity contribution in [3.63, 3.8) is 0 Å². The summed E-state index contributed by atoms with van der Waals surface area (Å²) in [5.41, 5.74) is 2.91. The molecular weight excluding hydrogens is 460 g/mol. The summed E-state index contributed by atoms with van der Waals surface area (Å²) in [5.74, 6) is 2.38. The number of aromatic nitrogens is 3. The van der Waals surface area contributed by atoms with Gasteiger partial charge in [0.1, 0.15) is 18.1 Å². The highest BCUT2D eigenvalue weighted by molar-refractivity contribution is 7.99. The maximum atomic E-state index is 13.1. The lowest BCUT2D eigenvalue weighted by molar-refractivity contribution is -0.116. The topological polar surface area (TPSA) is 69.5 Å². The van der Waals surface area contributed by atoms with Gasteiger partial charge in [-0.1, -0.05) is 48.2 Å². The lowest BCUT2D eigenvalue weighted by Crippen LogP contribution is -2.32. The van der Waals surface area contributed by atoms with Gasteiger partial charge in [-0.3, -0.25) is 9.36 Å². The van der Waals surface area contributed by atoms with E-state index in [0.717, 1.165) is 22.7 Å². The van der Waals surface area contributed by atoms with Crippen molar-refractivity contribution in [1.82, 2.24) is 14.8 Å². The standard InChI is InChI=1S/C27H28N4O3S/c1-4-30(24-13-9-8-10-20(24)2)26(32)19-35-27-29-28-25(31(27)21-11-6-5-7-12-21)18-34-23-16-14-22(33-3)15-17-23/h5-17H,4,18-19H2,1-3H3. The van der Waals surface area contributed by atoms with E-state index in [1.807, 2.05) is 97.3 Å². The van der Waals surface area contributed by atoms with E-state index in [2.05, 4.69) is 10.2 Å². The molecule has 0 fully saturated rings. The van der Waals surface area contributed by atoms with Gasteiger partial charge in [-0.05, 0) is 61.9 Å². The second-order valence-corrected chi connectivity index (χ2v) is 8.69. The lowest BCUT2D eigenvalue weighted by atomic mass is 10.2. The number of benzene rings is 3. The molecule has 0 aliphatic heterocycles. The normalized spacial score (nSPS) is 10.7. The Labute approximate surface area is 209 Å². The van der Waals surface area contributed by atoms with Gasteiger partial charge in [-0.15, -0.1) is 10.2 Å². The Morgan fingerprint density at radius 1 is 0.943 bits per heavy atom. The third-order valence-corrected chi connectivity index (χ3v) is 6.40. The van der Waals surface area contributed by atoms with Crippen molar-refractivity contribution >= 4 is 23.4 Å². The van der Waals surface area contributed by atoms with Gasteiger partial charge in [0, 0.05) is 17.9 Å². The Hall–Kier alpha value is -3.78. The molecule has 0 radical (unpaired) electrons. The molecule has 0 saturated carbocycles. The number of methoxy groups -OCH3 is 1. The fraction of sp³-hybridized carbons (Fsp3) is 0.222. The predicted molar refractivity (Wildman–Crippen MR) is 139 cm³/mol. The number of hydrogen-bond acceptors (Lipinski definition) is 6. The Balaban J connectivity index is 1.52. The summed E-state index contributed by atoms with van der Waals surface area (Å²) in [6, 6.07) is 25.1. The van der Waals surface area contributed by atoms with E-state index < -0.39 is 0 Å². The molecule has 0 aliphatic carbocycles. The van der Waals surface area contributed by atoms with E-state index in [9.17, 15) is 4.79 Å². The molecule has 4 aromatic rings. The summed E-state index contributed by atoms with van der Waals surface area (Å²) >= 11 is 1.37. The Morgan fingerprint density at radius 2 is 1.63 bits per heavy atom. The van der Waals surface area contributed by atoms with Crippen LogP contribution in [0.3, 0.4) is 0 Å². The van der Waals surface area contributed by atoms with E-state index in [1.165, 1.54) is 11.8 Å². The largest absolute Gasteiger partial charge is 0.497 e. The second-order valence-electron chi connectivity index (χ2n) is 7.75. The first-order chi connectivity index (χ1) is 17.1. The fourth-order valence-corrected chi connectivity index (χ4v) is 4.54. The number of thioether (sulfide) groups is 1. The second kappa shape index (κ2) is 11.6. The average Bonchev–Trinajstić information content (AvgIpc) is 3.31. The summed E-state index contributed by atoms with van der Waals surface area (Å²) in [7, 11) is 1.63. The molecule has 8 heteroatoms. The maximum absolute atomic E-state index is 13.1. The van der Waals surface area contributed by atoms with E-state index in [1.54, 1.807) is 12.0 Å². The number of hydrogen-bond donors (Lipinski definition) is 0. The number of amides is 1. The number of anilines is 1. The van der Waals surface area contributed by atoms with Crippen molar-refractivity contribution in [3.8, 4) is 17.2 Å². The SMILES string of the molecule is CCN(C(=O)CSc1nnc(COc2ccc(OC)cc2)n1-c1ccccc1)c1ccccc1C. The molecule has 1 aromatic heterocycles. The molecule has 0 N–H and O–H groups in total. The van der Waals surface area contributed by atoms with Crippen LogP contribution in [-0.2, 0) is 11.4 Å². The highest BCUT2D eigenvalue weighted by Gasteiger charge is 2.20. The molecule has 4 rings (SSSR count). The first kappa shape index (κ1) is 24.3. The van der Waals surface area contributed by atoms with Gasteiger partial charge in [0.25, 0.3) is 0 Å². The van der Waals surface area contributed by atoms with Crippen LogP contribution >= 0.6 is 11.8 Å². The first-order valence-corrected chi connectivity index (χ1v) is 12.3. The van der Waals surface area contributed by atoms with Gasteiger partial charge >= 0.3 is 0 Å². The smallest absolute Gasteiger partial charge is 0.237 e. The lowest BCUT2D eigenvalue weighted by Gasteiger charge is -2.22. The van der Waals surface area contributed by atoms with E-state index in [0.29, 0.717) is 23.3 Å². The molecule has 1 heterocycles. The highest BCUT2D eigenvalue weighted by Crippen LogP contribution is 2.26. The fourth-order valence-electron chi connectivity index (χ4n) is 3.70. The number of carbonyl (C=O) groups excluding carboxylic acids is 1. The molecule has 0 bridgehead atoms. The van der Waals surface area contributed by atoms with Crippen molar-refractivity contribution in [3.05, 3.63) is 90.3 Å². The van der Waals surface area contributed by atoms with Crippen LogP contribution in [0.2, 0.25) is 0 Å². The van der Waals surface area contributed by atoms with Gasteiger partial charge in [0.15, 0.2) is 11.0 Å². The monoisotopic (exact) mass is 488 g/mol. The number of ether oxygens (including phenoxy) is 2. The molecule has 0 saturated heterocycles. The number of para-hydroxylation sites is 2. The molecule has 1 amide bonds. The first-order valence-electron chi connectivity index (χ1n) is 11.4. The van der Waals surface area contributed by atoms with E-state index >= 15 is 0 Å². The van der Waals surface area contributed by atoms with Crippen LogP contribution in [-0.4, -0.2) is 40.1 Å². The van der Waals surface area contributed by atoms with Gasteiger partial charge in [0.05, 0.1) is 12.9 Å². The van der Waals surface area contributed by atoms with Gasteiger partial charge in [-0.25, -0.2) is 0 Å². The van der Waals surface area contributed by atoms with Crippen LogP contribution < -0.4 is 14.4 Å². The quantitative estimate of drug-likeness (QED) is 0.282. The molecule has 180 valence electrons. The predicted octanol–water partition coefficient (Wildman–Crippen LogP) is 5.31. The Kier molecular flexibility index (Phi) is 8.05. The van der Waals surface area contributed by atoms with E-state index in [-0.39, 0.29) is 18.3 Å². The minimum absolute atomic E-state index is 0.0189. The molecule has 0 aliphatic rings. The van der Waals surface area contributed by atoms with Crippen LogP contribution in [0.15, 0.2) is 84.0 Å². The third-order valence-electron chi connectivity index (χ3n) is 5.49. The van der Waals surface area contributed by atoms with Crippen molar-refractivity contribution in [1.29, 1.82) is 0 Å². The number of nitrogens with zero attached hydrogens (tertiary/aromatic N) is 4. The average molecular weight is 489 g/mol. The zero-order chi connectivity index (χ0) is 24.6. The number of carbonyl (C=O) groups is 1. The van der Waals surface area contributed by atoms with Crippen LogP contribution in [0, 0.1) is 6.92 Å². The zero-order valence-electron chi connectivity index (χ0n) is 20.0. The van der Waals surface area contributed by atoms with Crippen LogP contribution in [0.25, 0.3) is 5.69 Å². The summed E-state index contributed by atoms with van der Waals surface area (Å²) in [6.45, 7) is 4.82. The van der Waals surface area contributed by atoms with Crippen molar-refractivity contribution in [2.45, 2.75) is 25.6 Å². The number of rotatable bonds is 10. The summed E-state index contributed by atoms with van der Waals surface area (Å²) < 4.78 is 13.1. The van der Waals surface area contributed by atoms with Crippen LogP contribution in [0.1, 0.15) is 18.3 Å². The molecule has 3 aromatic carbocycles. The van der Waals surface area contributed by atoms with E-state index in [4.69, 9.17) is 9.47 Å². The highest BCUT2D eigenvalue weighted by atomic mass is 32.2. The third kappa shape index (κ3) is 5.84. The molecule has 0 spiro atoms. The molecule has 7 nitrogen and oxygen atoms in total. The summed E-state index contributed by atoms with van der Waals surface area (Å²) in [5, 5.41) is 9.40. The van der Waals surface area contributed by atoms with Crippen molar-refractivity contribution in [2.24, 2.45) is 0 Å². The zero-order valence-corrected chi connectivity index (χ0v) is 20.9.